The van der Waals surface area contributed by atoms with Crippen LogP contribution in [0.5, 0.6) is 0 Å². The Balaban J connectivity index is 2.30. The van der Waals surface area contributed by atoms with Crippen LogP contribution in [-0.4, -0.2) is 24.5 Å². The molecule has 0 heterocycles. The van der Waals surface area contributed by atoms with Gasteiger partial charge in [0.1, 0.15) is 0 Å². The fourth-order valence-corrected chi connectivity index (χ4v) is 2.13. The molecule has 1 fully saturated rings. The van der Waals surface area contributed by atoms with Gasteiger partial charge in [0.2, 0.25) is 5.91 Å². The van der Waals surface area contributed by atoms with E-state index in [9.17, 15) is 4.79 Å². The molecule has 1 aliphatic carbocycles. The molecule has 0 bridgehead atoms. The zero-order chi connectivity index (χ0) is 12.2. The van der Waals surface area contributed by atoms with Gasteiger partial charge in [-0.3, -0.25) is 4.79 Å². The molecule has 1 saturated carbocycles. The first-order valence-corrected chi connectivity index (χ1v) is 6.48. The molecule has 16 heavy (non-hydrogen) atoms. The lowest BCUT2D eigenvalue weighted by molar-refractivity contribution is -0.129. The second-order valence-corrected chi connectivity index (χ2v) is 5.83. The molecule has 3 nitrogen and oxygen atoms in total. The molecule has 3 heteroatoms. The van der Waals surface area contributed by atoms with E-state index in [0.717, 1.165) is 19.4 Å². The van der Waals surface area contributed by atoms with E-state index < -0.39 is 0 Å². The van der Waals surface area contributed by atoms with Gasteiger partial charge in [0.25, 0.3) is 0 Å². The van der Waals surface area contributed by atoms with Gasteiger partial charge in [-0.2, -0.15) is 0 Å². The Bertz CT molecular complexity index is 225. The molecular formula is C13H26N2O. The van der Waals surface area contributed by atoms with Crippen LogP contribution in [0.1, 0.15) is 53.4 Å². The minimum Gasteiger partial charge on any atom is -0.353 e. The van der Waals surface area contributed by atoms with E-state index in [-0.39, 0.29) is 11.3 Å². The van der Waals surface area contributed by atoms with Crippen molar-refractivity contribution in [3.8, 4) is 0 Å². The molecule has 0 aromatic carbocycles. The van der Waals surface area contributed by atoms with Gasteiger partial charge in [0.05, 0.1) is 0 Å². The van der Waals surface area contributed by atoms with Gasteiger partial charge < -0.3 is 10.6 Å². The molecule has 0 spiro atoms. The van der Waals surface area contributed by atoms with Crippen molar-refractivity contribution in [2.24, 2.45) is 5.41 Å². The Kier molecular flexibility index (Phi) is 4.78. The molecule has 0 aliphatic heterocycles. The van der Waals surface area contributed by atoms with Crippen molar-refractivity contribution in [1.82, 2.24) is 10.6 Å². The van der Waals surface area contributed by atoms with Crippen molar-refractivity contribution in [3.63, 3.8) is 0 Å². The lowest BCUT2D eigenvalue weighted by Crippen LogP contribution is -2.45. The van der Waals surface area contributed by atoms with Gasteiger partial charge >= 0.3 is 0 Å². The van der Waals surface area contributed by atoms with Crippen LogP contribution in [-0.2, 0) is 4.79 Å². The van der Waals surface area contributed by atoms with Crippen LogP contribution in [0.15, 0.2) is 0 Å². The summed E-state index contributed by atoms with van der Waals surface area (Å²) in [6.45, 7) is 9.09. The summed E-state index contributed by atoms with van der Waals surface area (Å²) in [5, 5.41) is 6.63. The highest BCUT2D eigenvalue weighted by molar-refractivity contribution is 5.81. The average Bonchev–Trinajstić information content (AvgIpc) is 2.20. The van der Waals surface area contributed by atoms with Crippen molar-refractivity contribution >= 4 is 5.91 Å². The summed E-state index contributed by atoms with van der Waals surface area (Å²) >= 11 is 0. The van der Waals surface area contributed by atoms with Crippen molar-refractivity contribution in [1.29, 1.82) is 0 Å². The van der Waals surface area contributed by atoms with Gasteiger partial charge in [0, 0.05) is 17.5 Å². The van der Waals surface area contributed by atoms with Gasteiger partial charge in [-0.15, -0.1) is 0 Å². The number of hydrogen-bond donors (Lipinski definition) is 2. The summed E-state index contributed by atoms with van der Waals surface area (Å²) < 4.78 is 0. The molecule has 94 valence electrons. The number of amides is 1. The minimum atomic E-state index is -0.265. The van der Waals surface area contributed by atoms with Crippen LogP contribution < -0.4 is 10.6 Å². The fraction of sp³-hybridized carbons (Fsp3) is 0.923. The maximum Gasteiger partial charge on any atom is 0.225 e. The Labute approximate surface area is 99.4 Å². The monoisotopic (exact) mass is 226 g/mol. The second kappa shape index (κ2) is 5.67. The van der Waals surface area contributed by atoms with Crippen LogP contribution in [0.3, 0.4) is 0 Å². The predicted molar refractivity (Wildman–Crippen MR) is 67.3 cm³/mol. The molecule has 0 aromatic heterocycles. The normalized spacial score (nSPS) is 26.5. The highest BCUT2D eigenvalue weighted by atomic mass is 16.2. The van der Waals surface area contributed by atoms with E-state index in [1.54, 1.807) is 0 Å². The summed E-state index contributed by atoms with van der Waals surface area (Å²) in [4.78, 5) is 11.8. The molecule has 0 atom stereocenters. The molecular weight excluding hydrogens is 200 g/mol. The average molecular weight is 226 g/mol. The molecule has 1 amide bonds. The van der Waals surface area contributed by atoms with Gasteiger partial charge in [-0.05, 0) is 32.2 Å². The van der Waals surface area contributed by atoms with E-state index in [1.807, 2.05) is 20.8 Å². The highest BCUT2D eigenvalue weighted by Gasteiger charge is 2.26. The van der Waals surface area contributed by atoms with E-state index in [0.29, 0.717) is 12.1 Å². The molecule has 0 aromatic rings. The van der Waals surface area contributed by atoms with Crippen molar-refractivity contribution < 1.29 is 4.79 Å². The van der Waals surface area contributed by atoms with Gasteiger partial charge in [-0.1, -0.05) is 27.7 Å². The number of hydrogen-bond acceptors (Lipinski definition) is 2. The first-order chi connectivity index (χ1) is 7.43. The van der Waals surface area contributed by atoms with E-state index >= 15 is 0 Å². The number of carbonyl (C=O) groups is 1. The summed E-state index contributed by atoms with van der Waals surface area (Å²) in [5.41, 5.74) is -0.265. The third-order valence-corrected chi connectivity index (χ3v) is 3.24. The van der Waals surface area contributed by atoms with E-state index in [4.69, 9.17) is 0 Å². The third-order valence-electron chi connectivity index (χ3n) is 3.24. The van der Waals surface area contributed by atoms with Crippen LogP contribution >= 0.6 is 0 Å². The van der Waals surface area contributed by atoms with Crippen LogP contribution in [0.4, 0.5) is 0 Å². The Morgan fingerprint density at radius 3 is 2.06 bits per heavy atom. The zero-order valence-corrected chi connectivity index (χ0v) is 11.1. The van der Waals surface area contributed by atoms with Crippen molar-refractivity contribution in [2.75, 3.05) is 6.54 Å². The summed E-state index contributed by atoms with van der Waals surface area (Å²) in [6.07, 6.45) is 4.59. The highest BCUT2D eigenvalue weighted by Crippen LogP contribution is 2.20. The fourth-order valence-electron chi connectivity index (χ4n) is 2.13. The van der Waals surface area contributed by atoms with Gasteiger partial charge in [-0.25, -0.2) is 0 Å². The SMILES string of the molecule is CCNC1CCC(NC(=O)C(C)(C)C)CC1. The number of rotatable bonds is 3. The van der Waals surface area contributed by atoms with Crippen LogP contribution in [0, 0.1) is 5.41 Å². The lowest BCUT2D eigenvalue weighted by Gasteiger charge is -2.31. The zero-order valence-electron chi connectivity index (χ0n) is 11.1. The summed E-state index contributed by atoms with van der Waals surface area (Å²) in [6, 6.07) is 1.05. The Morgan fingerprint density at radius 2 is 1.62 bits per heavy atom. The maximum absolute atomic E-state index is 11.8. The molecule has 1 rings (SSSR count). The quantitative estimate of drug-likeness (QED) is 0.773. The first-order valence-electron chi connectivity index (χ1n) is 6.48. The van der Waals surface area contributed by atoms with E-state index in [1.165, 1.54) is 12.8 Å². The Morgan fingerprint density at radius 1 is 1.12 bits per heavy atom. The largest absolute Gasteiger partial charge is 0.353 e. The van der Waals surface area contributed by atoms with Crippen LogP contribution in [0.2, 0.25) is 0 Å². The summed E-state index contributed by atoms with van der Waals surface area (Å²) in [7, 11) is 0. The number of carbonyl (C=O) groups excluding carboxylic acids is 1. The molecule has 0 unspecified atom stereocenters. The minimum absolute atomic E-state index is 0.180. The lowest BCUT2D eigenvalue weighted by atomic mass is 9.89. The van der Waals surface area contributed by atoms with E-state index in [2.05, 4.69) is 17.6 Å². The Hall–Kier alpha value is -0.570. The van der Waals surface area contributed by atoms with Gasteiger partial charge in [0.15, 0.2) is 0 Å². The predicted octanol–water partition coefficient (Wildman–Crippen LogP) is 2.07. The molecule has 0 saturated heterocycles. The summed E-state index contributed by atoms with van der Waals surface area (Å²) in [5.74, 6) is 0.180. The third kappa shape index (κ3) is 4.12. The molecule has 0 radical (unpaired) electrons. The first kappa shape index (κ1) is 13.5. The topological polar surface area (TPSA) is 41.1 Å². The van der Waals surface area contributed by atoms with Crippen molar-refractivity contribution in [2.45, 2.75) is 65.5 Å². The smallest absolute Gasteiger partial charge is 0.225 e. The van der Waals surface area contributed by atoms with Crippen molar-refractivity contribution in [3.05, 3.63) is 0 Å². The molecule has 1 aliphatic rings. The molecule has 2 N–H and O–H groups in total. The van der Waals surface area contributed by atoms with Crippen LogP contribution in [0.25, 0.3) is 0 Å². The number of nitrogens with one attached hydrogen (secondary N) is 2. The maximum atomic E-state index is 11.8. The standard InChI is InChI=1S/C13H26N2O/c1-5-14-10-6-8-11(9-7-10)15-12(16)13(2,3)4/h10-11,14H,5-9H2,1-4H3,(H,15,16). The second-order valence-electron chi connectivity index (χ2n) is 5.83.